The Balaban J connectivity index is 1.63. The van der Waals surface area contributed by atoms with Gasteiger partial charge in [-0.25, -0.2) is 5.43 Å². The Bertz CT molecular complexity index is 982. The summed E-state index contributed by atoms with van der Waals surface area (Å²) in [6, 6.07) is 7.98. The van der Waals surface area contributed by atoms with Gasteiger partial charge >= 0.3 is 0 Å². The van der Waals surface area contributed by atoms with Gasteiger partial charge in [0.1, 0.15) is 5.71 Å². The Morgan fingerprint density at radius 3 is 2.49 bits per heavy atom. The summed E-state index contributed by atoms with van der Waals surface area (Å²) < 4.78 is 1.03. The fourth-order valence-corrected chi connectivity index (χ4v) is 5.89. The maximum atomic E-state index is 12.8. The van der Waals surface area contributed by atoms with E-state index in [9.17, 15) is 14.4 Å². The number of hydrazone groups is 1. The zero-order chi connectivity index (χ0) is 27.0. The number of piperidine rings is 1. The van der Waals surface area contributed by atoms with Crippen molar-refractivity contribution in [2.75, 3.05) is 38.0 Å². The van der Waals surface area contributed by atoms with Crippen LogP contribution in [-0.4, -0.2) is 77.6 Å². The first-order valence-corrected chi connectivity index (χ1v) is 13.9. The summed E-state index contributed by atoms with van der Waals surface area (Å²) in [4.78, 5) is 38.5. The number of nitrogens with two attached hydrogens (primary N) is 1. The van der Waals surface area contributed by atoms with E-state index in [1.54, 1.807) is 0 Å². The van der Waals surface area contributed by atoms with E-state index in [-0.39, 0.29) is 30.1 Å². The fraction of sp³-hybridized carbons (Fsp3) is 0.643. The lowest BCUT2D eigenvalue weighted by Crippen LogP contribution is -2.61. The van der Waals surface area contributed by atoms with Crippen LogP contribution in [0.2, 0.25) is 0 Å². The molecule has 9 nitrogen and oxygen atoms in total. The van der Waals surface area contributed by atoms with Gasteiger partial charge < -0.3 is 20.4 Å². The summed E-state index contributed by atoms with van der Waals surface area (Å²) in [7, 11) is 0. The van der Waals surface area contributed by atoms with Crippen LogP contribution in [0.1, 0.15) is 65.4 Å². The van der Waals surface area contributed by atoms with E-state index in [2.05, 4.69) is 35.8 Å². The lowest BCUT2D eigenvalue weighted by Gasteiger charge is -2.49. The Hall–Kier alpha value is -2.78. The number of nitrogens with one attached hydrogen (secondary N) is 2. The molecule has 0 aromatic heterocycles. The molecule has 1 aromatic rings. The van der Waals surface area contributed by atoms with Crippen LogP contribution in [0.15, 0.2) is 29.4 Å². The standard InChI is InChI=1S/C28H44N6O3/c1-5-15-34(16-13-22(14-17-34)26(29)28(37)33(6-2)7-3)20(4)18-21-9-8-10-23(19-21)30-27(36)24-11-12-25(35)32-31-24/h8-10,19-20,22,26H,5-7,11-18,29H2,1-4H3,(H-,30,32,35,36)/p+1. The fourth-order valence-electron chi connectivity index (χ4n) is 5.89. The van der Waals surface area contributed by atoms with Crippen molar-refractivity contribution < 1.29 is 18.9 Å². The van der Waals surface area contributed by atoms with Gasteiger partial charge in [-0.1, -0.05) is 19.1 Å². The third-order valence-corrected chi connectivity index (χ3v) is 8.25. The molecular weight excluding hydrogens is 468 g/mol. The molecule has 0 saturated carbocycles. The van der Waals surface area contributed by atoms with Crippen LogP contribution in [-0.2, 0) is 20.8 Å². The Kier molecular flexibility index (Phi) is 10.2. The van der Waals surface area contributed by atoms with Crippen molar-refractivity contribution in [2.24, 2.45) is 16.8 Å². The first kappa shape index (κ1) is 28.8. The topological polar surface area (TPSA) is 117 Å². The molecule has 1 fully saturated rings. The van der Waals surface area contributed by atoms with E-state index in [4.69, 9.17) is 5.73 Å². The maximum Gasteiger partial charge on any atom is 0.271 e. The largest absolute Gasteiger partial charge is 0.342 e. The molecule has 2 atom stereocenters. The van der Waals surface area contributed by atoms with Gasteiger partial charge in [-0.3, -0.25) is 14.4 Å². The molecule has 0 bridgehead atoms. The summed E-state index contributed by atoms with van der Waals surface area (Å²) in [5.74, 6) is -0.135. The van der Waals surface area contributed by atoms with Crippen LogP contribution >= 0.6 is 0 Å². The maximum absolute atomic E-state index is 12.8. The molecule has 9 heteroatoms. The molecule has 3 amide bonds. The van der Waals surface area contributed by atoms with Crippen molar-refractivity contribution >= 4 is 29.1 Å². The molecule has 0 spiro atoms. The average molecular weight is 514 g/mol. The second-order valence-corrected chi connectivity index (χ2v) is 10.6. The van der Waals surface area contributed by atoms with Crippen LogP contribution in [0, 0.1) is 5.92 Å². The number of quaternary nitrogens is 1. The predicted molar refractivity (Wildman–Crippen MR) is 147 cm³/mol. The number of carbonyl (C=O) groups is 3. The number of rotatable bonds is 11. The molecule has 204 valence electrons. The van der Waals surface area contributed by atoms with Crippen LogP contribution in [0.3, 0.4) is 0 Å². The van der Waals surface area contributed by atoms with Crippen molar-refractivity contribution in [2.45, 2.75) is 78.3 Å². The first-order chi connectivity index (χ1) is 17.7. The quantitative estimate of drug-likeness (QED) is 0.394. The molecular formula is C28H45N6O3+. The monoisotopic (exact) mass is 513 g/mol. The highest BCUT2D eigenvalue weighted by molar-refractivity contribution is 6.43. The van der Waals surface area contributed by atoms with E-state index in [0.29, 0.717) is 31.3 Å². The van der Waals surface area contributed by atoms with Crippen LogP contribution in [0.25, 0.3) is 0 Å². The smallest absolute Gasteiger partial charge is 0.271 e. The third-order valence-electron chi connectivity index (χ3n) is 8.25. The normalized spacial score (nSPS) is 23.4. The highest BCUT2D eigenvalue weighted by atomic mass is 16.2. The van der Waals surface area contributed by atoms with E-state index >= 15 is 0 Å². The predicted octanol–water partition coefficient (Wildman–Crippen LogP) is 2.65. The van der Waals surface area contributed by atoms with Crippen molar-refractivity contribution in [1.29, 1.82) is 0 Å². The number of benzene rings is 1. The summed E-state index contributed by atoms with van der Waals surface area (Å²) >= 11 is 0. The van der Waals surface area contributed by atoms with Crippen LogP contribution < -0.4 is 16.5 Å². The van der Waals surface area contributed by atoms with Gasteiger partial charge in [0.15, 0.2) is 0 Å². The molecule has 0 radical (unpaired) electrons. The van der Waals surface area contributed by atoms with Crippen LogP contribution in [0.4, 0.5) is 5.69 Å². The number of hydrogen-bond acceptors (Lipinski definition) is 5. The highest BCUT2D eigenvalue weighted by Crippen LogP contribution is 2.31. The molecule has 1 aromatic carbocycles. The zero-order valence-electron chi connectivity index (χ0n) is 23.0. The zero-order valence-corrected chi connectivity index (χ0v) is 23.0. The highest BCUT2D eigenvalue weighted by Gasteiger charge is 2.41. The molecule has 0 aliphatic carbocycles. The van der Waals surface area contributed by atoms with Crippen molar-refractivity contribution in [3.05, 3.63) is 29.8 Å². The second kappa shape index (κ2) is 13.1. The number of hydrogen-bond donors (Lipinski definition) is 3. The SMILES string of the molecule is CCC[N+]1(C(C)Cc2cccc(NC(=O)C3=NNC(=O)CC3)c2)CCC(C(N)C(=O)N(CC)CC)CC1. The van der Waals surface area contributed by atoms with E-state index in [1.165, 1.54) is 5.56 Å². The number of nitrogens with zero attached hydrogens (tertiary/aromatic N) is 3. The minimum absolute atomic E-state index is 0.0824. The minimum atomic E-state index is -0.415. The molecule has 2 aliphatic heterocycles. The number of likely N-dealkylation sites (N-methyl/N-ethyl adjacent to an activating group) is 1. The van der Waals surface area contributed by atoms with Gasteiger partial charge in [-0.15, -0.1) is 0 Å². The van der Waals surface area contributed by atoms with Crippen molar-refractivity contribution in [3.8, 4) is 0 Å². The Morgan fingerprint density at radius 2 is 1.89 bits per heavy atom. The lowest BCUT2D eigenvalue weighted by molar-refractivity contribution is -0.954. The number of carbonyl (C=O) groups excluding carboxylic acids is 3. The molecule has 37 heavy (non-hydrogen) atoms. The summed E-state index contributed by atoms with van der Waals surface area (Å²) in [5, 5.41) is 6.81. The summed E-state index contributed by atoms with van der Waals surface area (Å²) in [6.45, 7) is 13.1. The number of likely N-dealkylation sites (tertiary alicyclic amines) is 1. The lowest BCUT2D eigenvalue weighted by atomic mass is 9.86. The number of amides is 3. The van der Waals surface area contributed by atoms with E-state index in [0.717, 1.165) is 55.5 Å². The van der Waals surface area contributed by atoms with Gasteiger partial charge in [-0.05, 0) is 50.8 Å². The van der Waals surface area contributed by atoms with Gasteiger partial charge in [0, 0.05) is 50.9 Å². The molecule has 2 heterocycles. The molecule has 2 unspecified atom stereocenters. The van der Waals surface area contributed by atoms with Gasteiger partial charge in [0.05, 0.1) is 31.7 Å². The number of anilines is 1. The van der Waals surface area contributed by atoms with E-state index < -0.39 is 6.04 Å². The molecule has 4 N–H and O–H groups in total. The summed E-state index contributed by atoms with van der Waals surface area (Å²) in [5.41, 5.74) is 11.1. The van der Waals surface area contributed by atoms with Gasteiger partial charge in [-0.2, -0.15) is 5.10 Å². The first-order valence-electron chi connectivity index (χ1n) is 13.9. The second-order valence-electron chi connectivity index (χ2n) is 10.6. The Morgan fingerprint density at radius 1 is 1.19 bits per heavy atom. The van der Waals surface area contributed by atoms with Crippen molar-refractivity contribution in [1.82, 2.24) is 10.3 Å². The molecule has 1 saturated heterocycles. The summed E-state index contributed by atoms with van der Waals surface area (Å²) in [6.07, 6.45) is 4.55. The van der Waals surface area contributed by atoms with Crippen molar-refractivity contribution in [3.63, 3.8) is 0 Å². The molecule has 2 aliphatic rings. The van der Waals surface area contributed by atoms with Gasteiger partial charge in [0.25, 0.3) is 5.91 Å². The third kappa shape index (κ3) is 7.17. The minimum Gasteiger partial charge on any atom is -0.342 e. The molecule has 3 rings (SSSR count). The Labute approximate surface area is 221 Å². The van der Waals surface area contributed by atoms with E-state index in [1.807, 2.05) is 36.9 Å². The average Bonchev–Trinajstić information content (AvgIpc) is 2.90. The van der Waals surface area contributed by atoms with Crippen LogP contribution in [0.5, 0.6) is 0 Å². The van der Waals surface area contributed by atoms with Gasteiger partial charge in [0.2, 0.25) is 11.8 Å².